The van der Waals surface area contributed by atoms with Crippen LogP contribution in [0, 0.1) is 0 Å². The molecule has 0 aliphatic rings. The van der Waals surface area contributed by atoms with Crippen LogP contribution in [-0.4, -0.2) is 43.1 Å². The van der Waals surface area contributed by atoms with Crippen LogP contribution in [0.2, 0.25) is 0 Å². The van der Waals surface area contributed by atoms with Gasteiger partial charge in [-0.3, -0.25) is 4.99 Å². The Labute approximate surface area is 156 Å². The van der Waals surface area contributed by atoms with Crippen LogP contribution in [0.5, 0.6) is 5.75 Å². The van der Waals surface area contributed by atoms with Crippen molar-refractivity contribution >= 4 is 17.3 Å². The summed E-state index contributed by atoms with van der Waals surface area (Å²) in [5.74, 6) is 0.924. The van der Waals surface area contributed by atoms with Crippen molar-refractivity contribution in [3.8, 4) is 5.75 Å². The van der Waals surface area contributed by atoms with E-state index in [9.17, 15) is 8.78 Å². The Morgan fingerprint density at radius 2 is 2.08 bits per heavy atom. The number of aryl methyl sites for hydroxylation is 1. The Morgan fingerprint density at radius 1 is 1.35 bits per heavy atom. The van der Waals surface area contributed by atoms with Crippen LogP contribution >= 0.6 is 11.3 Å². The molecule has 0 saturated heterocycles. The maximum absolute atomic E-state index is 12.2. The molecule has 5 nitrogen and oxygen atoms in total. The molecular formula is C18H24F2N4OS. The molecule has 0 aliphatic heterocycles. The third-order valence-electron chi connectivity index (χ3n) is 3.71. The molecule has 26 heavy (non-hydrogen) atoms. The first-order chi connectivity index (χ1) is 12.5. The van der Waals surface area contributed by atoms with Gasteiger partial charge >= 0.3 is 6.61 Å². The van der Waals surface area contributed by atoms with Crippen molar-refractivity contribution in [1.29, 1.82) is 0 Å². The van der Waals surface area contributed by atoms with Gasteiger partial charge in [-0.1, -0.05) is 19.1 Å². The number of nitrogens with zero attached hydrogens (tertiary/aromatic N) is 3. The molecule has 0 saturated carbocycles. The third kappa shape index (κ3) is 6.25. The number of aromatic nitrogens is 1. The van der Waals surface area contributed by atoms with Gasteiger partial charge < -0.3 is 15.0 Å². The first-order valence-corrected chi connectivity index (χ1v) is 9.28. The third-order valence-corrected chi connectivity index (χ3v) is 4.75. The van der Waals surface area contributed by atoms with Crippen LogP contribution in [0.3, 0.4) is 0 Å². The van der Waals surface area contributed by atoms with Crippen molar-refractivity contribution in [2.24, 2.45) is 4.99 Å². The van der Waals surface area contributed by atoms with Crippen LogP contribution < -0.4 is 10.1 Å². The molecule has 0 spiro atoms. The Bertz CT molecular complexity index is 703. The highest BCUT2D eigenvalue weighted by atomic mass is 32.1. The Morgan fingerprint density at radius 3 is 2.65 bits per heavy atom. The van der Waals surface area contributed by atoms with Crippen molar-refractivity contribution in [3.63, 3.8) is 0 Å². The van der Waals surface area contributed by atoms with Crippen molar-refractivity contribution in [2.75, 3.05) is 20.6 Å². The van der Waals surface area contributed by atoms with Crippen molar-refractivity contribution in [1.82, 2.24) is 15.2 Å². The molecule has 0 unspecified atom stereocenters. The lowest BCUT2D eigenvalue weighted by molar-refractivity contribution is -0.0498. The molecule has 1 aromatic carbocycles. The second kappa shape index (κ2) is 10.1. The van der Waals surface area contributed by atoms with E-state index in [1.54, 1.807) is 42.6 Å². The predicted octanol–water partition coefficient (Wildman–Crippen LogP) is 3.56. The highest BCUT2D eigenvalue weighted by Crippen LogP contribution is 2.16. The molecule has 2 aromatic rings. The van der Waals surface area contributed by atoms with Gasteiger partial charge in [0, 0.05) is 39.0 Å². The number of thiazole rings is 1. The monoisotopic (exact) mass is 382 g/mol. The minimum Gasteiger partial charge on any atom is -0.435 e. The van der Waals surface area contributed by atoms with Gasteiger partial charge in [-0.15, -0.1) is 11.3 Å². The lowest BCUT2D eigenvalue weighted by atomic mass is 10.2. The van der Waals surface area contributed by atoms with E-state index in [0.717, 1.165) is 41.6 Å². The van der Waals surface area contributed by atoms with Gasteiger partial charge in [-0.05, 0) is 24.1 Å². The molecule has 142 valence electrons. The van der Waals surface area contributed by atoms with Gasteiger partial charge in [-0.25, -0.2) is 4.98 Å². The number of halogens is 2. The van der Waals surface area contributed by atoms with E-state index in [-0.39, 0.29) is 5.75 Å². The van der Waals surface area contributed by atoms with Crippen molar-refractivity contribution in [2.45, 2.75) is 32.9 Å². The standard InChI is InChI=1S/C18H24F2N4OS/c1-4-16-23-14(12-26-16)9-10-22-18(21-2)24(3)11-13-5-7-15(8-6-13)25-17(19)20/h5-8,12,17H,4,9-11H2,1-3H3,(H,21,22). The van der Waals surface area contributed by atoms with Gasteiger partial charge in [0.05, 0.1) is 10.7 Å². The minimum absolute atomic E-state index is 0.156. The van der Waals surface area contributed by atoms with E-state index < -0.39 is 6.61 Å². The molecule has 8 heteroatoms. The van der Waals surface area contributed by atoms with Crippen LogP contribution in [0.4, 0.5) is 8.78 Å². The van der Waals surface area contributed by atoms with Gasteiger partial charge in [0.25, 0.3) is 0 Å². The first-order valence-electron chi connectivity index (χ1n) is 8.40. The second-order valence-corrected chi connectivity index (χ2v) is 6.63. The highest BCUT2D eigenvalue weighted by Gasteiger charge is 2.08. The van der Waals surface area contributed by atoms with Crippen LogP contribution in [0.1, 0.15) is 23.2 Å². The summed E-state index contributed by atoms with van der Waals surface area (Å²) in [6.07, 6.45) is 1.80. The Hall–Kier alpha value is -2.22. The topological polar surface area (TPSA) is 49.8 Å². The average Bonchev–Trinajstić information content (AvgIpc) is 3.08. The van der Waals surface area contributed by atoms with Gasteiger partial charge in [-0.2, -0.15) is 8.78 Å². The second-order valence-electron chi connectivity index (χ2n) is 5.69. The van der Waals surface area contributed by atoms with Crippen LogP contribution in [0.25, 0.3) is 0 Å². The molecular weight excluding hydrogens is 358 g/mol. The predicted molar refractivity (Wildman–Crippen MR) is 101 cm³/mol. The summed E-state index contributed by atoms with van der Waals surface area (Å²) >= 11 is 1.69. The van der Waals surface area contributed by atoms with E-state index in [2.05, 4.69) is 32.3 Å². The number of aliphatic imine (C=N–C) groups is 1. The number of alkyl halides is 2. The smallest absolute Gasteiger partial charge is 0.387 e. The molecule has 1 aromatic heterocycles. The lowest BCUT2D eigenvalue weighted by Gasteiger charge is -2.22. The summed E-state index contributed by atoms with van der Waals surface area (Å²) < 4.78 is 28.7. The number of ether oxygens (including phenoxy) is 1. The molecule has 0 fully saturated rings. The van der Waals surface area contributed by atoms with Crippen molar-refractivity contribution in [3.05, 3.63) is 45.9 Å². The number of benzene rings is 1. The Balaban J connectivity index is 1.82. The van der Waals surface area contributed by atoms with Crippen LogP contribution in [0.15, 0.2) is 34.6 Å². The summed E-state index contributed by atoms with van der Waals surface area (Å²) in [5, 5.41) is 6.57. The van der Waals surface area contributed by atoms with E-state index in [4.69, 9.17) is 0 Å². The largest absolute Gasteiger partial charge is 0.435 e. The SMILES string of the molecule is CCc1nc(CCNC(=NC)N(C)Cc2ccc(OC(F)F)cc2)cs1. The number of rotatable bonds is 8. The fourth-order valence-electron chi connectivity index (χ4n) is 2.44. The van der Waals surface area contributed by atoms with E-state index in [0.29, 0.717) is 6.54 Å². The zero-order valence-corrected chi connectivity index (χ0v) is 16.0. The maximum atomic E-state index is 12.2. The summed E-state index contributed by atoms with van der Waals surface area (Å²) in [6.45, 7) is 0.637. The van der Waals surface area contributed by atoms with Crippen molar-refractivity contribution < 1.29 is 13.5 Å². The summed E-state index contributed by atoms with van der Waals surface area (Å²) in [6, 6.07) is 6.62. The summed E-state index contributed by atoms with van der Waals surface area (Å²) in [7, 11) is 3.66. The number of hydrogen-bond donors (Lipinski definition) is 1. The zero-order chi connectivity index (χ0) is 18.9. The number of hydrogen-bond acceptors (Lipinski definition) is 4. The molecule has 0 radical (unpaired) electrons. The molecule has 0 atom stereocenters. The normalized spacial score (nSPS) is 11.7. The highest BCUT2D eigenvalue weighted by molar-refractivity contribution is 7.09. The first kappa shape index (κ1) is 20.1. The minimum atomic E-state index is -2.81. The lowest BCUT2D eigenvalue weighted by Crippen LogP contribution is -2.39. The zero-order valence-electron chi connectivity index (χ0n) is 15.2. The molecule has 0 bridgehead atoms. The molecule has 1 N–H and O–H groups in total. The van der Waals surface area contributed by atoms with Crippen LogP contribution in [-0.2, 0) is 19.4 Å². The summed E-state index contributed by atoms with van der Waals surface area (Å²) in [4.78, 5) is 10.8. The van der Waals surface area contributed by atoms with E-state index in [1.165, 1.54) is 0 Å². The van der Waals surface area contributed by atoms with E-state index >= 15 is 0 Å². The molecule has 0 amide bonds. The number of guanidine groups is 1. The molecule has 2 rings (SSSR count). The molecule has 0 aliphatic carbocycles. The maximum Gasteiger partial charge on any atom is 0.387 e. The Kier molecular flexibility index (Phi) is 7.77. The van der Waals surface area contributed by atoms with Gasteiger partial charge in [0.1, 0.15) is 5.75 Å². The van der Waals surface area contributed by atoms with E-state index in [1.807, 2.05) is 11.9 Å². The fraction of sp³-hybridized carbons (Fsp3) is 0.444. The average molecular weight is 382 g/mol. The molecule has 1 heterocycles. The number of nitrogens with one attached hydrogen (secondary N) is 1. The fourth-order valence-corrected chi connectivity index (χ4v) is 3.22. The summed E-state index contributed by atoms with van der Waals surface area (Å²) in [5.41, 5.74) is 2.07. The quantitative estimate of drug-likeness (QED) is 0.560. The van der Waals surface area contributed by atoms with Gasteiger partial charge in [0.2, 0.25) is 0 Å². The van der Waals surface area contributed by atoms with Gasteiger partial charge in [0.15, 0.2) is 5.96 Å².